The summed E-state index contributed by atoms with van der Waals surface area (Å²) in [6.07, 6.45) is -0.194. The van der Waals surface area contributed by atoms with Crippen LogP contribution in [0.4, 0.5) is 5.69 Å². The number of nitrogens with one attached hydrogen (secondary N) is 3. The van der Waals surface area contributed by atoms with E-state index in [4.69, 9.17) is 4.74 Å². The molecule has 2 atom stereocenters. The van der Waals surface area contributed by atoms with E-state index in [-0.39, 0.29) is 24.5 Å². The standard InChI is InChI=1S/C14H19N3O3/c1-10-13(15-7-8-20-10)14(19)16-9-12(18)17-11-5-3-2-4-6-11/h2-6,10,13,15H,7-9H2,1H3,(H,16,19)(H,17,18)/t10-,13+/m1/s1. The van der Waals surface area contributed by atoms with Crippen molar-refractivity contribution in [2.75, 3.05) is 25.0 Å². The average molecular weight is 277 g/mol. The molecule has 108 valence electrons. The Kier molecular flexibility index (Phi) is 5.09. The molecule has 1 aliphatic rings. The number of anilines is 1. The molecule has 1 aliphatic heterocycles. The molecule has 3 N–H and O–H groups in total. The fourth-order valence-corrected chi connectivity index (χ4v) is 2.03. The Hall–Kier alpha value is -1.92. The monoisotopic (exact) mass is 277 g/mol. The Morgan fingerprint density at radius 1 is 1.35 bits per heavy atom. The van der Waals surface area contributed by atoms with Crippen LogP contribution in [0.1, 0.15) is 6.92 Å². The van der Waals surface area contributed by atoms with Gasteiger partial charge in [0.15, 0.2) is 0 Å². The number of hydrogen-bond donors (Lipinski definition) is 3. The van der Waals surface area contributed by atoms with Crippen molar-refractivity contribution in [3.8, 4) is 0 Å². The van der Waals surface area contributed by atoms with Gasteiger partial charge in [0, 0.05) is 12.2 Å². The van der Waals surface area contributed by atoms with Crippen molar-refractivity contribution in [2.24, 2.45) is 0 Å². The van der Waals surface area contributed by atoms with E-state index < -0.39 is 6.04 Å². The highest BCUT2D eigenvalue weighted by Gasteiger charge is 2.28. The highest BCUT2D eigenvalue weighted by Crippen LogP contribution is 2.05. The Morgan fingerprint density at radius 3 is 2.80 bits per heavy atom. The van der Waals surface area contributed by atoms with Gasteiger partial charge in [-0.05, 0) is 19.1 Å². The number of carbonyl (C=O) groups is 2. The van der Waals surface area contributed by atoms with Gasteiger partial charge in [-0.15, -0.1) is 0 Å². The van der Waals surface area contributed by atoms with Crippen LogP contribution in [0.2, 0.25) is 0 Å². The Labute approximate surface area is 117 Å². The number of para-hydroxylation sites is 1. The number of hydrogen-bond acceptors (Lipinski definition) is 4. The molecular weight excluding hydrogens is 258 g/mol. The quantitative estimate of drug-likeness (QED) is 0.730. The second kappa shape index (κ2) is 7.02. The number of carbonyl (C=O) groups excluding carboxylic acids is 2. The van der Waals surface area contributed by atoms with Crippen molar-refractivity contribution < 1.29 is 14.3 Å². The lowest BCUT2D eigenvalue weighted by Crippen LogP contribution is -2.56. The molecular formula is C14H19N3O3. The lowest BCUT2D eigenvalue weighted by Gasteiger charge is -2.29. The molecule has 6 nitrogen and oxygen atoms in total. The van der Waals surface area contributed by atoms with Crippen molar-refractivity contribution in [3.05, 3.63) is 30.3 Å². The van der Waals surface area contributed by atoms with Gasteiger partial charge in [-0.3, -0.25) is 9.59 Å². The molecule has 20 heavy (non-hydrogen) atoms. The summed E-state index contributed by atoms with van der Waals surface area (Å²) in [7, 11) is 0. The molecule has 2 amide bonds. The predicted molar refractivity (Wildman–Crippen MR) is 75.3 cm³/mol. The minimum absolute atomic E-state index is 0.0569. The van der Waals surface area contributed by atoms with E-state index in [9.17, 15) is 9.59 Å². The topological polar surface area (TPSA) is 79.5 Å². The van der Waals surface area contributed by atoms with E-state index in [1.807, 2.05) is 25.1 Å². The zero-order chi connectivity index (χ0) is 14.4. The molecule has 1 fully saturated rings. The fraction of sp³-hybridized carbons (Fsp3) is 0.429. The summed E-state index contributed by atoms with van der Waals surface area (Å²) in [6.45, 7) is 3.01. The van der Waals surface area contributed by atoms with Crippen molar-refractivity contribution in [1.29, 1.82) is 0 Å². The average Bonchev–Trinajstić information content (AvgIpc) is 2.46. The van der Waals surface area contributed by atoms with Crippen molar-refractivity contribution in [2.45, 2.75) is 19.1 Å². The smallest absolute Gasteiger partial charge is 0.243 e. The van der Waals surface area contributed by atoms with Gasteiger partial charge < -0.3 is 20.7 Å². The van der Waals surface area contributed by atoms with Gasteiger partial charge in [0.25, 0.3) is 0 Å². The highest BCUT2D eigenvalue weighted by atomic mass is 16.5. The number of ether oxygens (including phenoxy) is 1. The molecule has 0 saturated carbocycles. The third kappa shape index (κ3) is 4.04. The fourth-order valence-electron chi connectivity index (χ4n) is 2.03. The lowest BCUT2D eigenvalue weighted by molar-refractivity contribution is -0.130. The molecule has 0 spiro atoms. The van der Waals surface area contributed by atoms with Gasteiger partial charge >= 0.3 is 0 Å². The summed E-state index contributed by atoms with van der Waals surface area (Å²) < 4.78 is 5.39. The second-order valence-electron chi connectivity index (χ2n) is 4.64. The minimum Gasteiger partial charge on any atom is -0.375 e. The number of benzene rings is 1. The minimum atomic E-state index is -0.409. The number of morpholine rings is 1. The van der Waals surface area contributed by atoms with E-state index >= 15 is 0 Å². The summed E-state index contributed by atoms with van der Waals surface area (Å²) in [6, 6.07) is 8.70. The van der Waals surface area contributed by atoms with Crippen LogP contribution >= 0.6 is 0 Å². The number of rotatable bonds is 4. The number of amides is 2. The van der Waals surface area contributed by atoms with Gasteiger partial charge in [0.1, 0.15) is 6.04 Å². The van der Waals surface area contributed by atoms with E-state index in [1.54, 1.807) is 12.1 Å². The summed E-state index contributed by atoms with van der Waals surface area (Å²) >= 11 is 0. The van der Waals surface area contributed by atoms with Crippen LogP contribution in [0.3, 0.4) is 0 Å². The van der Waals surface area contributed by atoms with E-state index in [0.717, 1.165) is 0 Å². The van der Waals surface area contributed by atoms with Crippen LogP contribution in [0.5, 0.6) is 0 Å². The van der Waals surface area contributed by atoms with Crippen molar-refractivity contribution in [3.63, 3.8) is 0 Å². The molecule has 0 radical (unpaired) electrons. The van der Waals surface area contributed by atoms with E-state index in [2.05, 4.69) is 16.0 Å². The normalized spacial score (nSPS) is 22.1. The third-order valence-corrected chi connectivity index (χ3v) is 3.08. The van der Waals surface area contributed by atoms with Gasteiger partial charge in [-0.25, -0.2) is 0 Å². The maximum Gasteiger partial charge on any atom is 0.243 e. The Bertz CT molecular complexity index is 464. The molecule has 6 heteroatoms. The first-order valence-electron chi connectivity index (χ1n) is 6.64. The van der Waals surface area contributed by atoms with Crippen LogP contribution in [-0.2, 0) is 14.3 Å². The summed E-state index contributed by atoms with van der Waals surface area (Å²) in [5.41, 5.74) is 0.708. The van der Waals surface area contributed by atoms with E-state index in [1.165, 1.54) is 0 Å². The SMILES string of the molecule is C[C@H]1OCCN[C@@H]1C(=O)NCC(=O)Nc1ccccc1. The Morgan fingerprint density at radius 2 is 2.10 bits per heavy atom. The molecule has 1 aromatic carbocycles. The van der Waals surface area contributed by atoms with Crippen LogP contribution in [-0.4, -0.2) is 43.7 Å². The molecule has 0 unspecified atom stereocenters. The first kappa shape index (κ1) is 14.5. The molecule has 0 aromatic heterocycles. The zero-order valence-corrected chi connectivity index (χ0v) is 11.4. The largest absolute Gasteiger partial charge is 0.375 e. The van der Waals surface area contributed by atoms with Gasteiger partial charge in [0.05, 0.1) is 19.3 Å². The van der Waals surface area contributed by atoms with Crippen LogP contribution in [0, 0.1) is 0 Å². The third-order valence-electron chi connectivity index (χ3n) is 3.08. The highest BCUT2D eigenvalue weighted by molar-refractivity contribution is 5.95. The molecule has 1 aromatic rings. The first-order chi connectivity index (χ1) is 9.66. The van der Waals surface area contributed by atoms with Gasteiger partial charge in [-0.1, -0.05) is 18.2 Å². The maximum atomic E-state index is 11.9. The molecule has 2 rings (SSSR count). The lowest BCUT2D eigenvalue weighted by atomic mass is 10.1. The van der Waals surface area contributed by atoms with Crippen molar-refractivity contribution >= 4 is 17.5 Å². The first-order valence-corrected chi connectivity index (χ1v) is 6.64. The zero-order valence-electron chi connectivity index (χ0n) is 11.4. The molecule has 0 aliphatic carbocycles. The van der Waals surface area contributed by atoms with E-state index in [0.29, 0.717) is 18.8 Å². The maximum absolute atomic E-state index is 11.9. The van der Waals surface area contributed by atoms with Crippen LogP contribution in [0.15, 0.2) is 30.3 Å². The van der Waals surface area contributed by atoms with Crippen LogP contribution < -0.4 is 16.0 Å². The molecule has 1 heterocycles. The summed E-state index contributed by atoms with van der Waals surface area (Å²) in [5.74, 6) is -0.477. The van der Waals surface area contributed by atoms with Gasteiger partial charge in [0.2, 0.25) is 11.8 Å². The van der Waals surface area contributed by atoms with Crippen molar-refractivity contribution in [1.82, 2.24) is 10.6 Å². The van der Waals surface area contributed by atoms with Gasteiger partial charge in [-0.2, -0.15) is 0 Å². The Balaban J connectivity index is 1.76. The molecule has 1 saturated heterocycles. The second-order valence-corrected chi connectivity index (χ2v) is 4.64. The summed E-state index contributed by atoms with van der Waals surface area (Å²) in [4.78, 5) is 23.6. The predicted octanol–water partition coefficient (Wildman–Crippen LogP) is 0.118. The summed E-state index contributed by atoms with van der Waals surface area (Å²) in [5, 5.41) is 8.39. The molecule has 0 bridgehead atoms. The van der Waals surface area contributed by atoms with Crippen LogP contribution in [0.25, 0.3) is 0 Å².